The molecule has 0 saturated carbocycles. The second-order valence-electron chi connectivity index (χ2n) is 6.30. The van der Waals surface area contributed by atoms with Gasteiger partial charge in [-0.05, 0) is 32.9 Å². The van der Waals surface area contributed by atoms with Crippen molar-refractivity contribution < 1.29 is 23.7 Å². The lowest BCUT2D eigenvalue weighted by Crippen LogP contribution is -2.21. The van der Waals surface area contributed by atoms with E-state index in [-0.39, 0.29) is 23.0 Å². The van der Waals surface area contributed by atoms with E-state index in [0.29, 0.717) is 17.0 Å². The minimum Gasteiger partial charge on any atom is -0.447 e. The first-order chi connectivity index (χ1) is 13.7. The van der Waals surface area contributed by atoms with Crippen molar-refractivity contribution in [1.29, 1.82) is 0 Å². The molecule has 0 spiro atoms. The maximum atomic E-state index is 12.4. The Morgan fingerprint density at radius 1 is 1.21 bits per heavy atom. The molecule has 2 aromatic heterocycles. The minimum absolute atomic E-state index is 0.0147. The van der Waals surface area contributed by atoms with Crippen LogP contribution < -0.4 is 0 Å². The fraction of sp³-hybridized carbons (Fsp3) is 0.278. The fourth-order valence-corrected chi connectivity index (χ4v) is 2.71. The van der Waals surface area contributed by atoms with Crippen LogP contribution in [0.3, 0.4) is 0 Å². The summed E-state index contributed by atoms with van der Waals surface area (Å²) in [4.78, 5) is 34.9. The van der Waals surface area contributed by atoms with Crippen molar-refractivity contribution in [2.24, 2.45) is 7.05 Å². The quantitative estimate of drug-likeness (QED) is 0.201. The number of ketones is 1. The maximum absolute atomic E-state index is 12.4. The first-order valence-corrected chi connectivity index (χ1v) is 8.52. The number of nitrogens with zero attached hydrogens (tertiary/aromatic N) is 5. The van der Waals surface area contributed by atoms with Gasteiger partial charge in [0.2, 0.25) is 5.89 Å². The van der Waals surface area contributed by atoms with Gasteiger partial charge in [-0.3, -0.25) is 19.6 Å². The minimum atomic E-state index is -1.06. The topological polar surface area (TPSA) is 143 Å². The summed E-state index contributed by atoms with van der Waals surface area (Å²) in [6.45, 7) is 4.80. The second-order valence-corrected chi connectivity index (χ2v) is 6.30. The van der Waals surface area contributed by atoms with Crippen LogP contribution in [-0.2, 0) is 16.6 Å². The van der Waals surface area contributed by atoms with Crippen molar-refractivity contribution in [1.82, 2.24) is 20.0 Å². The highest BCUT2D eigenvalue weighted by Gasteiger charge is 2.28. The molecule has 1 aromatic carbocycles. The summed E-state index contributed by atoms with van der Waals surface area (Å²) >= 11 is 0. The van der Waals surface area contributed by atoms with Gasteiger partial charge < -0.3 is 9.15 Å². The van der Waals surface area contributed by atoms with Crippen molar-refractivity contribution in [2.75, 3.05) is 0 Å². The average molecular weight is 399 g/mol. The zero-order chi connectivity index (χ0) is 21.3. The van der Waals surface area contributed by atoms with Crippen LogP contribution >= 0.6 is 0 Å². The lowest BCUT2D eigenvalue weighted by Gasteiger charge is -2.08. The largest absolute Gasteiger partial charge is 0.447 e. The van der Waals surface area contributed by atoms with Crippen LogP contribution in [0.15, 0.2) is 28.7 Å². The summed E-state index contributed by atoms with van der Waals surface area (Å²) in [6, 6.07) is 5.53. The Morgan fingerprint density at radius 3 is 2.41 bits per heavy atom. The molecule has 0 fully saturated rings. The third kappa shape index (κ3) is 3.88. The highest BCUT2D eigenvalue weighted by molar-refractivity contribution is 6.41. The Kier molecular flexibility index (Phi) is 5.22. The van der Waals surface area contributed by atoms with Gasteiger partial charge in [-0.15, -0.1) is 10.2 Å². The smallest absolute Gasteiger partial charge is 0.380 e. The number of Topliss-reactive ketones (excluding diaryl/α,β-unsaturated/α-hetero) is 1. The van der Waals surface area contributed by atoms with Crippen LogP contribution in [-0.4, -0.2) is 36.7 Å². The molecule has 1 unspecified atom stereocenters. The van der Waals surface area contributed by atoms with Crippen molar-refractivity contribution >= 4 is 17.4 Å². The van der Waals surface area contributed by atoms with E-state index in [9.17, 15) is 19.7 Å². The van der Waals surface area contributed by atoms with Gasteiger partial charge in [-0.1, -0.05) is 0 Å². The van der Waals surface area contributed by atoms with E-state index in [2.05, 4.69) is 15.3 Å². The van der Waals surface area contributed by atoms with Crippen LogP contribution in [0.1, 0.15) is 40.7 Å². The number of esters is 1. The number of aromatic nitrogens is 4. The summed E-state index contributed by atoms with van der Waals surface area (Å²) in [5, 5.41) is 22.5. The van der Waals surface area contributed by atoms with Gasteiger partial charge in [-0.2, -0.15) is 5.10 Å². The Bertz CT molecular complexity index is 1100. The van der Waals surface area contributed by atoms with Crippen LogP contribution in [0.25, 0.3) is 11.5 Å². The van der Waals surface area contributed by atoms with E-state index >= 15 is 0 Å². The molecular weight excluding hydrogens is 382 g/mol. The van der Waals surface area contributed by atoms with Crippen molar-refractivity contribution in [3.8, 4) is 11.5 Å². The highest BCUT2D eigenvalue weighted by atomic mass is 16.6. The van der Waals surface area contributed by atoms with E-state index in [0.717, 1.165) is 0 Å². The highest BCUT2D eigenvalue weighted by Crippen LogP contribution is 2.25. The molecule has 0 aliphatic carbocycles. The van der Waals surface area contributed by atoms with Crippen LogP contribution in [0.5, 0.6) is 0 Å². The third-order valence-corrected chi connectivity index (χ3v) is 4.32. The lowest BCUT2D eigenvalue weighted by molar-refractivity contribution is -0.384. The number of ether oxygens (including phenoxy) is 1. The predicted octanol–water partition coefficient (Wildman–Crippen LogP) is 2.48. The van der Waals surface area contributed by atoms with E-state index in [1.165, 1.54) is 35.9 Å². The Labute approximate surface area is 164 Å². The van der Waals surface area contributed by atoms with Gasteiger partial charge in [0.15, 0.2) is 6.10 Å². The van der Waals surface area contributed by atoms with E-state index in [1.807, 2.05) is 0 Å². The van der Waals surface area contributed by atoms with Gasteiger partial charge in [0.1, 0.15) is 0 Å². The Morgan fingerprint density at radius 2 is 1.86 bits per heavy atom. The van der Waals surface area contributed by atoms with Crippen LogP contribution in [0.4, 0.5) is 5.69 Å². The number of nitro groups is 1. The number of carbonyl (C=O) groups excluding carboxylic acids is 2. The fourth-order valence-electron chi connectivity index (χ4n) is 2.71. The monoisotopic (exact) mass is 399 g/mol. The molecule has 0 aliphatic heterocycles. The summed E-state index contributed by atoms with van der Waals surface area (Å²) in [6.07, 6.45) is -0.969. The molecular formula is C18H17N5O6. The predicted molar refractivity (Wildman–Crippen MR) is 97.9 cm³/mol. The normalized spacial score (nSPS) is 11.9. The third-order valence-electron chi connectivity index (χ3n) is 4.32. The van der Waals surface area contributed by atoms with E-state index < -0.39 is 22.8 Å². The standard InChI is InChI=1S/C18H17N5O6/c1-9-14(10(2)22(4)21-9)15(24)18(25)28-11(3)16-19-20-17(29-16)12-5-7-13(8-6-12)23(26)27/h5-8,11H,1-4H3. The number of rotatable bonds is 6. The van der Waals surface area contributed by atoms with Crippen molar-refractivity contribution in [2.45, 2.75) is 26.9 Å². The Balaban J connectivity index is 1.73. The summed E-state index contributed by atoms with van der Waals surface area (Å²) in [7, 11) is 1.67. The molecule has 0 aliphatic rings. The average Bonchev–Trinajstić information content (AvgIpc) is 3.26. The number of nitro benzene ring substituents is 1. The van der Waals surface area contributed by atoms with Crippen LogP contribution in [0.2, 0.25) is 0 Å². The molecule has 1 atom stereocenters. The van der Waals surface area contributed by atoms with Crippen molar-refractivity contribution in [3.63, 3.8) is 0 Å². The molecule has 0 radical (unpaired) electrons. The van der Waals surface area contributed by atoms with Gasteiger partial charge in [0.25, 0.3) is 17.4 Å². The molecule has 3 aromatic rings. The number of hydrogen-bond acceptors (Lipinski definition) is 9. The van der Waals surface area contributed by atoms with Gasteiger partial charge >= 0.3 is 5.97 Å². The first kappa shape index (κ1) is 19.9. The van der Waals surface area contributed by atoms with Gasteiger partial charge in [-0.25, -0.2) is 4.79 Å². The number of benzene rings is 1. The van der Waals surface area contributed by atoms with Gasteiger partial charge in [0.05, 0.1) is 16.2 Å². The molecule has 0 N–H and O–H groups in total. The number of aryl methyl sites for hydroxylation is 2. The molecule has 0 amide bonds. The second kappa shape index (κ2) is 7.62. The Hall–Kier alpha value is -3.89. The van der Waals surface area contributed by atoms with Crippen LogP contribution in [0, 0.1) is 24.0 Å². The number of non-ortho nitro benzene ring substituents is 1. The maximum Gasteiger partial charge on any atom is 0.380 e. The molecule has 11 nitrogen and oxygen atoms in total. The number of carbonyl (C=O) groups is 2. The molecule has 150 valence electrons. The SMILES string of the molecule is Cc1nn(C)c(C)c1C(=O)C(=O)OC(C)c1nnc(-c2ccc([N+](=O)[O-])cc2)o1. The molecule has 29 heavy (non-hydrogen) atoms. The lowest BCUT2D eigenvalue weighted by atomic mass is 10.1. The van der Waals surface area contributed by atoms with Crippen molar-refractivity contribution in [3.05, 3.63) is 57.2 Å². The molecule has 3 rings (SSSR count). The first-order valence-electron chi connectivity index (χ1n) is 8.52. The summed E-state index contributed by atoms with van der Waals surface area (Å²) in [5.41, 5.74) is 1.57. The zero-order valence-electron chi connectivity index (χ0n) is 16.1. The van der Waals surface area contributed by atoms with Gasteiger partial charge in [0, 0.05) is 30.4 Å². The molecule has 0 saturated heterocycles. The molecule has 11 heteroatoms. The zero-order valence-corrected chi connectivity index (χ0v) is 16.1. The van der Waals surface area contributed by atoms with E-state index in [1.54, 1.807) is 20.9 Å². The molecule has 2 heterocycles. The number of hydrogen-bond donors (Lipinski definition) is 0. The summed E-state index contributed by atoms with van der Waals surface area (Å²) < 4.78 is 12.1. The summed E-state index contributed by atoms with van der Waals surface area (Å²) in [5.74, 6) is -1.79. The van der Waals surface area contributed by atoms with E-state index in [4.69, 9.17) is 9.15 Å². The molecule has 0 bridgehead atoms.